The third-order valence-electron chi connectivity index (χ3n) is 4.22. The Balaban J connectivity index is 2.32. The van der Waals surface area contributed by atoms with Gasteiger partial charge in [-0.05, 0) is 24.6 Å². The number of likely N-dealkylation sites (N-methyl/N-ethyl adjacent to an activating group) is 1. The number of nitro groups is 1. The molecular formula is C18H16FN3O3. The molecule has 25 heavy (non-hydrogen) atoms. The molecule has 1 heterocycles. The highest BCUT2D eigenvalue weighted by atomic mass is 19.1. The van der Waals surface area contributed by atoms with Crippen LogP contribution < -0.4 is 4.90 Å². The van der Waals surface area contributed by atoms with Crippen molar-refractivity contribution in [1.29, 1.82) is 0 Å². The molecule has 1 unspecified atom stereocenters. The molecule has 1 atom stereocenters. The summed E-state index contributed by atoms with van der Waals surface area (Å²) < 4.78 is 14.4. The normalized spacial score (nSPS) is 16.9. The fourth-order valence-corrected chi connectivity index (χ4v) is 2.88. The van der Waals surface area contributed by atoms with Crippen LogP contribution in [0.1, 0.15) is 24.5 Å². The minimum absolute atomic E-state index is 0.140. The average Bonchev–Trinajstić information content (AvgIpc) is 2.71. The van der Waals surface area contributed by atoms with Crippen molar-refractivity contribution < 1.29 is 14.1 Å². The van der Waals surface area contributed by atoms with Crippen molar-refractivity contribution >= 4 is 23.0 Å². The van der Waals surface area contributed by atoms with Gasteiger partial charge in [-0.2, -0.15) is 0 Å². The van der Waals surface area contributed by atoms with Gasteiger partial charge in [0.25, 0.3) is 11.6 Å². The predicted molar refractivity (Wildman–Crippen MR) is 92.6 cm³/mol. The molecule has 0 saturated carbocycles. The van der Waals surface area contributed by atoms with Gasteiger partial charge in [-0.3, -0.25) is 19.9 Å². The van der Waals surface area contributed by atoms with Crippen LogP contribution >= 0.6 is 0 Å². The van der Waals surface area contributed by atoms with E-state index in [4.69, 9.17) is 0 Å². The fraction of sp³-hybridized carbons (Fsp3) is 0.222. The summed E-state index contributed by atoms with van der Waals surface area (Å²) in [6.07, 6.45) is 0.442. The smallest absolute Gasteiger partial charge is 0.270 e. The molecule has 3 rings (SSSR count). The Morgan fingerprint density at radius 3 is 2.60 bits per heavy atom. The van der Waals surface area contributed by atoms with E-state index in [1.165, 1.54) is 29.2 Å². The molecule has 1 amide bonds. The second-order valence-corrected chi connectivity index (χ2v) is 5.74. The van der Waals surface area contributed by atoms with Crippen molar-refractivity contribution in [3.05, 3.63) is 69.5 Å². The molecule has 6 nitrogen and oxygen atoms in total. The topological polar surface area (TPSA) is 75.8 Å². The second kappa shape index (κ2) is 6.43. The molecule has 1 aliphatic rings. The molecule has 0 saturated heterocycles. The van der Waals surface area contributed by atoms with Crippen LogP contribution in [0.3, 0.4) is 0 Å². The van der Waals surface area contributed by atoms with Gasteiger partial charge in [-0.25, -0.2) is 4.39 Å². The molecule has 0 N–H and O–H groups in total. The SMILES string of the molecule is CCC1N=C(c2ccccc2F)c2cc([N+](=O)[O-])ccc2N(C)C1=O. The van der Waals surface area contributed by atoms with Crippen LogP contribution in [0.25, 0.3) is 0 Å². The van der Waals surface area contributed by atoms with E-state index < -0.39 is 16.8 Å². The third kappa shape index (κ3) is 2.88. The number of rotatable bonds is 3. The summed E-state index contributed by atoms with van der Waals surface area (Å²) in [7, 11) is 1.59. The monoisotopic (exact) mass is 341 g/mol. The number of non-ortho nitro benzene ring substituents is 1. The first-order chi connectivity index (χ1) is 11.9. The Kier molecular flexibility index (Phi) is 4.31. The number of aliphatic imine (C=N–C) groups is 1. The maximum absolute atomic E-state index is 14.4. The van der Waals surface area contributed by atoms with Gasteiger partial charge in [-0.1, -0.05) is 19.1 Å². The van der Waals surface area contributed by atoms with Gasteiger partial charge >= 0.3 is 0 Å². The summed E-state index contributed by atoms with van der Waals surface area (Å²) in [5.74, 6) is -0.727. The quantitative estimate of drug-likeness (QED) is 0.635. The Morgan fingerprint density at radius 1 is 1.24 bits per heavy atom. The number of fused-ring (bicyclic) bond motifs is 1. The molecule has 0 radical (unpaired) electrons. The number of benzodiazepines with no additional fused rings is 1. The van der Waals surface area contributed by atoms with Gasteiger partial charge in [0, 0.05) is 30.3 Å². The van der Waals surface area contributed by atoms with Crippen LogP contribution in [0.5, 0.6) is 0 Å². The van der Waals surface area contributed by atoms with E-state index in [0.717, 1.165) is 0 Å². The lowest BCUT2D eigenvalue weighted by Gasteiger charge is -2.19. The lowest BCUT2D eigenvalue weighted by molar-refractivity contribution is -0.384. The number of hydrogen-bond donors (Lipinski definition) is 0. The van der Waals surface area contributed by atoms with Crippen LogP contribution in [0.4, 0.5) is 15.8 Å². The lowest BCUT2D eigenvalue weighted by atomic mass is 9.99. The third-order valence-corrected chi connectivity index (χ3v) is 4.22. The lowest BCUT2D eigenvalue weighted by Crippen LogP contribution is -2.34. The molecule has 0 bridgehead atoms. The van der Waals surface area contributed by atoms with E-state index in [0.29, 0.717) is 17.7 Å². The molecule has 0 fully saturated rings. The van der Waals surface area contributed by atoms with Gasteiger partial charge in [0.05, 0.1) is 16.3 Å². The van der Waals surface area contributed by atoms with E-state index in [2.05, 4.69) is 4.99 Å². The predicted octanol–water partition coefficient (Wildman–Crippen LogP) is 3.33. The molecule has 1 aliphatic heterocycles. The number of carbonyl (C=O) groups is 1. The van der Waals surface area contributed by atoms with Crippen molar-refractivity contribution in [1.82, 2.24) is 0 Å². The van der Waals surface area contributed by atoms with Gasteiger partial charge in [0.1, 0.15) is 11.9 Å². The summed E-state index contributed by atoms with van der Waals surface area (Å²) in [4.78, 5) is 29.1. The van der Waals surface area contributed by atoms with E-state index >= 15 is 0 Å². The van der Waals surface area contributed by atoms with E-state index in [-0.39, 0.29) is 22.9 Å². The Hall–Kier alpha value is -3.09. The number of halogens is 1. The number of nitro benzene ring substituents is 1. The molecule has 2 aromatic rings. The first kappa shape index (κ1) is 16.8. The van der Waals surface area contributed by atoms with Gasteiger partial charge < -0.3 is 4.90 Å². The summed E-state index contributed by atoms with van der Waals surface area (Å²) in [5.41, 5.74) is 1.16. The number of anilines is 1. The first-order valence-corrected chi connectivity index (χ1v) is 7.83. The highest BCUT2D eigenvalue weighted by molar-refractivity contribution is 6.20. The Labute approximate surface area is 143 Å². The summed E-state index contributed by atoms with van der Waals surface area (Å²) in [5, 5.41) is 11.2. The summed E-state index contributed by atoms with van der Waals surface area (Å²) >= 11 is 0. The largest absolute Gasteiger partial charge is 0.313 e. The number of amides is 1. The maximum atomic E-state index is 14.4. The second-order valence-electron chi connectivity index (χ2n) is 5.74. The zero-order valence-electron chi connectivity index (χ0n) is 13.8. The number of carbonyl (C=O) groups excluding carboxylic acids is 1. The molecule has 7 heteroatoms. The van der Waals surface area contributed by atoms with Crippen molar-refractivity contribution in [2.75, 3.05) is 11.9 Å². The Bertz CT molecular complexity index is 895. The average molecular weight is 341 g/mol. The zero-order chi connectivity index (χ0) is 18.1. The van der Waals surface area contributed by atoms with Gasteiger partial charge in [0.2, 0.25) is 0 Å². The van der Waals surface area contributed by atoms with Crippen molar-refractivity contribution in [3.8, 4) is 0 Å². The molecule has 0 aromatic heterocycles. The number of hydrogen-bond acceptors (Lipinski definition) is 4. The Morgan fingerprint density at radius 2 is 1.96 bits per heavy atom. The van der Waals surface area contributed by atoms with Crippen molar-refractivity contribution in [3.63, 3.8) is 0 Å². The van der Waals surface area contributed by atoms with Crippen LogP contribution in [0.2, 0.25) is 0 Å². The minimum atomic E-state index is -0.675. The standard InChI is InChI=1S/C18H16FN3O3/c1-3-15-18(23)21(2)16-9-8-11(22(24)25)10-13(16)17(20-15)12-6-4-5-7-14(12)19/h4-10,15H,3H2,1-2H3. The highest BCUT2D eigenvalue weighted by Crippen LogP contribution is 2.32. The molecular weight excluding hydrogens is 325 g/mol. The van der Waals surface area contributed by atoms with E-state index in [1.807, 2.05) is 6.92 Å². The van der Waals surface area contributed by atoms with Crippen LogP contribution in [0, 0.1) is 15.9 Å². The van der Waals surface area contributed by atoms with Crippen LogP contribution in [-0.2, 0) is 4.79 Å². The van der Waals surface area contributed by atoms with E-state index in [9.17, 15) is 19.3 Å². The first-order valence-electron chi connectivity index (χ1n) is 7.83. The molecule has 0 spiro atoms. The maximum Gasteiger partial charge on any atom is 0.270 e. The van der Waals surface area contributed by atoms with Crippen molar-refractivity contribution in [2.45, 2.75) is 19.4 Å². The molecule has 2 aromatic carbocycles. The highest BCUT2D eigenvalue weighted by Gasteiger charge is 2.30. The van der Waals surface area contributed by atoms with Crippen molar-refractivity contribution in [2.24, 2.45) is 4.99 Å². The number of benzene rings is 2. The number of nitrogens with zero attached hydrogens (tertiary/aromatic N) is 3. The zero-order valence-corrected chi connectivity index (χ0v) is 13.8. The van der Waals surface area contributed by atoms with Gasteiger partial charge in [-0.15, -0.1) is 0 Å². The molecule has 128 valence electrons. The van der Waals surface area contributed by atoms with Gasteiger partial charge in [0.15, 0.2) is 0 Å². The van der Waals surface area contributed by atoms with Crippen LogP contribution in [0.15, 0.2) is 47.5 Å². The molecule has 0 aliphatic carbocycles. The van der Waals surface area contributed by atoms with Crippen LogP contribution in [-0.4, -0.2) is 29.6 Å². The minimum Gasteiger partial charge on any atom is -0.313 e. The van der Waals surface area contributed by atoms with E-state index in [1.54, 1.807) is 25.2 Å². The fourth-order valence-electron chi connectivity index (χ4n) is 2.88. The summed E-state index contributed by atoms with van der Waals surface area (Å²) in [6.45, 7) is 1.82. The summed E-state index contributed by atoms with van der Waals surface area (Å²) in [6, 6.07) is 9.56.